The molecule has 0 radical (unpaired) electrons. The summed E-state index contributed by atoms with van der Waals surface area (Å²) in [6.07, 6.45) is 2.75. The van der Waals surface area contributed by atoms with Gasteiger partial charge in [-0.05, 0) is 50.3 Å². The Hall–Kier alpha value is -1.80. The van der Waals surface area contributed by atoms with E-state index in [9.17, 15) is 13.3 Å². The smallest absolute Gasteiger partial charge is 0.180 e. The third-order valence-electron chi connectivity index (χ3n) is 5.72. The van der Waals surface area contributed by atoms with Crippen molar-refractivity contribution in [2.24, 2.45) is 10.6 Å². The van der Waals surface area contributed by atoms with Crippen LogP contribution in [0.1, 0.15) is 59.7 Å². The molecule has 7 nitrogen and oxygen atoms in total. The second-order valence-corrected chi connectivity index (χ2v) is 12.4. The average Bonchev–Trinajstić information content (AvgIpc) is 2.83. The summed E-state index contributed by atoms with van der Waals surface area (Å²) < 4.78 is 32.9. The Labute approximate surface area is 179 Å². The van der Waals surface area contributed by atoms with Crippen molar-refractivity contribution in [1.82, 2.24) is 9.55 Å². The highest BCUT2D eigenvalue weighted by atomic mass is 32.2. The molecule has 3 rings (SSSR count). The molecule has 1 saturated heterocycles. The van der Waals surface area contributed by atoms with Crippen LogP contribution >= 0.6 is 0 Å². The number of rotatable bonds is 6. The van der Waals surface area contributed by atoms with E-state index in [1.807, 2.05) is 6.07 Å². The highest BCUT2D eigenvalue weighted by Gasteiger charge is 2.35. The maximum absolute atomic E-state index is 12.6. The number of ether oxygens (including phenoxy) is 1. The summed E-state index contributed by atoms with van der Waals surface area (Å²) in [5.41, 5.74) is 0.728. The number of hydrogen-bond donors (Lipinski definition) is 0. The first kappa shape index (κ1) is 22.9. The van der Waals surface area contributed by atoms with Crippen molar-refractivity contribution in [3.8, 4) is 0 Å². The van der Waals surface area contributed by atoms with Gasteiger partial charge in [0, 0.05) is 26.1 Å². The zero-order valence-electron chi connectivity index (χ0n) is 18.6. The molecule has 166 valence electrons. The van der Waals surface area contributed by atoms with Crippen LogP contribution in [-0.4, -0.2) is 42.0 Å². The molecule has 1 aliphatic heterocycles. The summed E-state index contributed by atoms with van der Waals surface area (Å²) >= 11 is 0. The molecule has 0 bridgehead atoms. The van der Waals surface area contributed by atoms with Crippen LogP contribution in [0.5, 0.6) is 0 Å². The van der Waals surface area contributed by atoms with E-state index in [4.69, 9.17) is 9.72 Å². The third-order valence-corrected chi connectivity index (χ3v) is 7.88. The fourth-order valence-electron chi connectivity index (χ4n) is 3.96. The van der Waals surface area contributed by atoms with E-state index in [1.165, 1.54) is 0 Å². The van der Waals surface area contributed by atoms with Crippen molar-refractivity contribution in [3.63, 3.8) is 0 Å². The van der Waals surface area contributed by atoms with E-state index in [0.717, 1.165) is 17.8 Å². The van der Waals surface area contributed by atoms with Gasteiger partial charge < -0.3 is 9.30 Å². The molecular formula is C22H33N3O4S. The van der Waals surface area contributed by atoms with Gasteiger partial charge in [0.25, 0.3) is 0 Å². The van der Waals surface area contributed by atoms with Crippen LogP contribution in [0.4, 0.5) is 0 Å². The maximum atomic E-state index is 12.6. The lowest BCUT2D eigenvalue weighted by atomic mass is 9.90. The number of nitroso groups, excluding NO2 is 1. The molecule has 1 fully saturated rings. The van der Waals surface area contributed by atoms with Gasteiger partial charge in [-0.1, -0.05) is 25.9 Å². The fraction of sp³-hybridized carbons (Fsp3) is 0.682. The van der Waals surface area contributed by atoms with Crippen molar-refractivity contribution < 1.29 is 13.2 Å². The molecule has 0 aliphatic carbocycles. The lowest BCUT2D eigenvalue weighted by Crippen LogP contribution is -2.33. The van der Waals surface area contributed by atoms with Gasteiger partial charge >= 0.3 is 0 Å². The molecule has 1 aromatic heterocycles. The van der Waals surface area contributed by atoms with Crippen LogP contribution in [0.2, 0.25) is 0 Å². The van der Waals surface area contributed by atoms with E-state index >= 15 is 0 Å². The molecule has 2 heterocycles. The summed E-state index contributed by atoms with van der Waals surface area (Å²) in [4.78, 5) is 17.0. The van der Waals surface area contributed by atoms with Gasteiger partial charge in [-0.3, -0.25) is 0 Å². The average molecular weight is 436 g/mol. The minimum absolute atomic E-state index is 0.0136. The molecule has 1 aliphatic rings. The third kappa shape index (κ3) is 4.75. The number of fused-ring (bicyclic) bond motifs is 1. The first-order chi connectivity index (χ1) is 14.0. The van der Waals surface area contributed by atoms with Crippen molar-refractivity contribution >= 4 is 20.9 Å². The second kappa shape index (κ2) is 8.38. The Morgan fingerprint density at radius 2 is 1.97 bits per heavy atom. The highest BCUT2D eigenvalue weighted by molar-refractivity contribution is 7.92. The zero-order chi connectivity index (χ0) is 22.2. The van der Waals surface area contributed by atoms with Crippen molar-refractivity contribution in [3.05, 3.63) is 28.9 Å². The van der Waals surface area contributed by atoms with Gasteiger partial charge in [0.2, 0.25) is 0 Å². The standard InChI is InChI=1S/C22H33N3O4S/c1-16(2)30(27,28)17-7-8-19-18(13-17)23-20(14-21(3,4)5)25(19)15-22(24-26)9-6-11-29-12-10-22/h7-8,13,16H,6,9-12,14-15H2,1-5H3. The van der Waals surface area contributed by atoms with Crippen LogP contribution in [0.3, 0.4) is 0 Å². The molecule has 1 aromatic carbocycles. The lowest BCUT2D eigenvalue weighted by Gasteiger charge is -2.27. The molecule has 8 heteroatoms. The van der Waals surface area contributed by atoms with E-state index in [2.05, 4.69) is 30.5 Å². The first-order valence-electron chi connectivity index (χ1n) is 10.6. The van der Waals surface area contributed by atoms with Crippen LogP contribution in [0.25, 0.3) is 11.0 Å². The van der Waals surface area contributed by atoms with Crippen LogP contribution < -0.4 is 0 Å². The van der Waals surface area contributed by atoms with E-state index in [0.29, 0.717) is 44.5 Å². The quantitative estimate of drug-likeness (QED) is 0.623. The van der Waals surface area contributed by atoms with Crippen LogP contribution in [0, 0.1) is 10.3 Å². The van der Waals surface area contributed by atoms with E-state index < -0.39 is 20.6 Å². The summed E-state index contributed by atoms with van der Waals surface area (Å²) in [7, 11) is -3.39. The normalized spacial score (nSPS) is 21.1. The summed E-state index contributed by atoms with van der Waals surface area (Å²) in [5.74, 6) is 0.852. The zero-order valence-corrected chi connectivity index (χ0v) is 19.5. The molecule has 1 atom stereocenters. The first-order valence-corrected chi connectivity index (χ1v) is 12.2. The van der Waals surface area contributed by atoms with Gasteiger partial charge in [0.1, 0.15) is 11.4 Å². The van der Waals surface area contributed by atoms with Gasteiger partial charge in [0.05, 0.1) is 27.7 Å². The predicted octanol–water partition coefficient (Wildman–Crippen LogP) is 4.51. The number of aromatic nitrogens is 2. The molecule has 0 spiro atoms. The van der Waals surface area contributed by atoms with Gasteiger partial charge in [-0.2, -0.15) is 4.91 Å². The molecular weight excluding hydrogens is 402 g/mol. The monoisotopic (exact) mass is 435 g/mol. The Balaban J connectivity index is 2.12. The van der Waals surface area contributed by atoms with Crippen LogP contribution in [0.15, 0.2) is 28.3 Å². The largest absolute Gasteiger partial charge is 0.381 e. The number of nitrogens with zero attached hydrogens (tertiary/aromatic N) is 3. The molecule has 30 heavy (non-hydrogen) atoms. The Morgan fingerprint density at radius 3 is 2.60 bits per heavy atom. The molecule has 0 N–H and O–H groups in total. The fourth-order valence-corrected chi connectivity index (χ4v) is 5.04. The van der Waals surface area contributed by atoms with Gasteiger partial charge in [-0.15, -0.1) is 0 Å². The number of benzene rings is 1. The van der Waals surface area contributed by atoms with Gasteiger partial charge in [-0.25, -0.2) is 13.4 Å². The summed E-state index contributed by atoms with van der Waals surface area (Å²) in [6.45, 7) is 11.4. The number of imidazole rings is 1. The summed E-state index contributed by atoms with van der Waals surface area (Å²) in [6, 6.07) is 5.12. The molecule has 0 amide bonds. The van der Waals surface area contributed by atoms with Crippen molar-refractivity contribution in [1.29, 1.82) is 0 Å². The minimum Gasteiger partial charge on any atom is -0.381 e. The number of hydrogen-bond acceptors (Lipinski definition) is 6. The van der Waals surface area contributed by atoms with Gasteiger partial charge in [0.15, 0.2) is 9.84 Å². The maximum Gasteiger partial charge on any atom is 0.180 e. The lowest BCUT2D eigenvalue weighted by molar-refractivity contribution is 0.138. The van der Waals surface area contributed by atoms with Crippen molar-refractivity contribution in [2.75, 3.05) is 13.2 Å². The molecule has 2 aromatic rings. The van der Waals surface area contributed by atoms with E-state index in [-0.39, 0.29) is 10.3 Å². The predicted molar refractivity (Wildman–Crippen MR) is 118 cm³/mol. The Morgan fingerprint density at radius 1 is 1.23 bits per heavy atom. The summed E-state index contributed by atoms with van der Waals surface area (Å²) in [5, 5.41) is 3.06. The Kier molecular flexibility index (Phi) is 6.39. The Bertz CT molecular complexity index is 1010. The van der Waals surface area contributed by atoms with Crippen LogP contribution in [-0.2, 0) is 27.5 Å². The van der Waals surface area contributed by atoms with E-state index in [1.54, 1.807) is 26.0 Å². The molecule has 1 unspecified atom stereocenters. The number of sulfone groups is 1. The molecule has 0 saturated carbocycles. The highest BCUT2D eigenvalue weighted by Crippen LogP contribution is 2.32. The van der Waals surface area contributed by atoms with Crippen molar-refractivity contribution in [2.45, 2.75) is 82.5 Å². The minimum atomic E-state index is -3.39. The SMILES string of the molecule is CC(C)S(=O)(=O)c1ccc2c(c1)nc(CC(C)(C)C)n2CC1(N=O)CCCOCC1. The topological polar surface area (TPSA) is 90.6 Å². The second-order valence-electron chi connectivity index (χ2n) is 9.88.